The standard InChI is InChI=1S/C16H11N3O2S.CH4/c1-10-2-7-14(22-10)15-12(8-17)9-19(18-15)13-5-3-11(4-6-13)16(20)21;/h2-7,9H,1H3,(H,20,21);1H4. The summed E-state index contributed by atoms with van der Waals surface area (Å²) >= 11 is 1.58. The van der Waals surface area contributed by atoms with Crippen LogP contribution in [0.15, 0.2) is 42.6 Å². The van der Waals surface area contributed by atoms with E-state index in [1.807, 2.05) is 19.1 Å². The van der Waals surface area contributed by atoms with E-state index in [9.17, 15) is 10.1 Å². The molecular weight excluding hydrogens is 310 g/mol. The van der Waals surface area contributed by atoms with Crippen LogP contribution in [0.2, 0.25) is 0 Å². The Labute approximate surface area is 138 Å². The number of hydrogen-bond acceptors (Lipinski definition) is 4. The first kappa shape index (κ1) is 16.5. The van der Waals surface area contributed by atoms with Crippen molar-refractivity contribution in [2.75, 3.05) is 0 Å². The minimum absolute atomic E-state index is 0. The lowest BCUT2D eigenvalue weighted by molar-refractivity contribution is 0.0697. The van der Waals surface area contributed by atoms with E-state index in [-0.39, 0.29) is 13.0 Å². The van der Waals surface area contributed by atoms with E-state index in [1.54, 1.807) is 34.3 Å². The van der Waals surface area contributed by atoms with Gasteiger partial charge >= 0.3 is 5.97 Å². The lowest BCUT2D eigenvalue weighted by atomic mass is 10.2. The molecule has 0 aliphatic rings. The number of rotatable bonds is 3. The molecule has 0 unspecified atom stereocenters. The molecule has 1 N–H and O–H groups in total. The molecule has 0 aliphatic carbocycles. The van der Waals surface area contributed by atoms with E-state index >= 15 is 0 Å². The van der Waals surface area contributed by atoms with Crippen molar-refractivity contribution in [3.05, 3.63) is 58.6 Å². The Balaban J connectivity index is 0.00000192. The fourth-order valence-corrected chi connectivity index (χ4v) is 2.96. The number of benzene rings is 1. The largest absolute Gasteiger partial charge is 0.478 e. The van der Waals surface area contributed by atoms with E-state index < -0.39 is 5.97 Å². The highest BCUT2D eigenvalue weighted by atomic mass is 32.1. The molecule has 0 bridgehead atoms. The number of carbonyl (C=O) groups is 1. The third-order valence-corrected chi connectivity index (χ3v) is 4.19. The van der Waals surface area contributed by atoms with Gasteiger partial charge in [-0.2, -0.15) is 10.4 Å². The Morgan fingerprint density at radius 3 is 2.48 bits per heavy atom. The second kappa shape index (κ2) is 6.46. The van der Waals surface area contributed by atoms with Gasteiger partial charge in [0.15, 0.2) is 0 Å². The van der Waals surface area contributed by atoms with Crippen molar-refractivity contribution in [2.24, 2.45) is 0 Å². The topological polar surface area (TPSA) is 78.9 Å². The minimum atomic E-state index is -0.973. The van der Waals surface area contributed by atoms with Crippen molar-refractivity contribution in [1.82, 2.24) is 9.78 Å². The van der Waals surface area contributed by atoms with Crippen LogP contribution < -0.4 is 0 Å². The van der Waals surface area contributed by atoms with Gasteiger partial charge < -0.3 is 5.11 Å². The molecule has 5 nitrogen and oxygen atoms in total. The fraction of sp³-hybridized carbons (Fsp3) is 0.118. The number of carboxylic acids is 1. The molecule has 116 valence electrons. The first-order valence-corrected chi connectivity index (χ1v) is 7.30. The SMILES string of the molecule is C.Cc1ccc(-c2nn(-c3ccc(C(=O)O)cc3)cc2C#N)s1. The van der Waals surface area contributed by atoms with Crippen molar-refractivity contribution in [2.45, 2.75) is 14.4 Å². The van der Waals surface area contributed by atoms with E-state index in [0.717, 1.165) is 9.75 Å². The molecule has 6 heteroatoms. The van der Waals surface area contributed by atoms with Gasteiger partial charge in [-0.1, -0.05) is 7.43 Å². The van der Waals surface area contributed by atoms with Crippen LogP contribution in [0.25, 0.3) is 16.3 Å². The number of aromatic nitrogens is 2. The maximum absolute atomic E-state index is 10.9. The Hall–Kier alpha value is -2.91. The summed E-state index contributed by atoms with van der Waals surface area (Å²) in [6.45, 7) is 2.00. The highest BCUT2D eigenvalue weighted by Crippen LogP contribution is 2.29. The summed E-state index contributed by atoms with van der Waals surface area (Å²) in [4.78, 5) is 13.0. The van der Waals surface area contributed by atoms with Gasteiger partial charge in [-0.3, -0.25) is 0 Å². The molecule has 2 aromatic heterocycles. The summed E-state index contributed by atoms with van der Waals surface area (Å²) in [7, 11) is 0. The molecule has 0 amide bonds. The first-order valence-electron chi connectivity index (χ1n) is 6.49. The summed E-state index contributed by atoms with van der Waals surface area (Å²) in [6.07, 6.45) is 1.65. The number of thiophene rings is 1. The summed E-state index contributed by atoms with van der Waals surface area (Å²) in [5.41, 5.74) is 2.05. The number of nitriles is 1. The van der Waals surface area contributed by atoms with Crippen LogP contribution in [0.3, 0.4) is 0 Å². The van der Waals surface area contributed by atoms with Gasteiger partial charge in [0, 0.05) is 11.1 Å². The normalized spacial score (nSPS) is 9.91. The average molecular weight is 325 g/mol. The summed E-state index contributed by atoms with van der Waals surface area (Å²) in [5.74, 6) is -0.973. The number of aromatic carboxylic acids is 1. The zero-order chi connectivity index (χ0) is 15.7. The van der Waals surface area contributed by atoms with E-state index in [2.05, 4.69) is 11.2 Å². The van der Waals surface area contributed by atoms with Gasteiger partial charge in [-0.05, 0) is 43.3 Å². The molecule has 0 saturated carbocycles. The molecule has 0 atom stereocenters. The summed E-state index contributed by atoms with van der Waals surface area (Å²) in [5, 5.41) is 22.7. The Morgan fingerprint density at radius 1 is 1.26 bits per heavy atom. The molecule has 2 heterocycles. The second-order valence-electron chi connectivity index (χ2n) is 4.71. The summed E-state index contributed by atoms with van der Waals surface area (Å²) < 4.78 is 1.59. The predicted octanol–water partition coefficient (Wildman–Crippen LogP) is 4.12. The third kappa shape index (κ3) is 3.15. The van der Waals surface area contributed by atoms with Crippen molar-refractivity contribution in [3.63, 3.8) is 0 Å². The van der Waals surface area contributed by atoms with Crippen LogP contribution in [0.5, 0.6) is 0 Å². The lowest BCUT2D eigenvalue weighted by Crippen LogP contribution is -1.98. The van der Waals surface area contributed by atoms with Gasteiger partial charge in [-0.25, -0.2) is 9.48 Å². The van der Waals surface area contributed by atoms with Gasteiger partial charge in [0.2, 0.25) is 0 Å². The molecule has 1 aromatic carbocycles. The highest BCUT2D eigenvalue weighted by molar-refractivity contribution is 7.15. The smallest absolute Gasteiger partial charge is 0.335 e. The molecule has 0 aliphatic heterocycles. The van der Waals surface area contributed by atoms with Crippen LogP contribution in [0.1, 0.15) is 28.2 Å². The Morgan fingerprint density at radius 2 is 1.96 bits per heavy atom. The second-order valence-corrected chi connectivity index (χ2v) is 6.00. The van der Waals surface area contributed by atoms with Crippen LogP contribution >= 0.6 is 11.3 Å². The van der Waals surface area contributed by atoms with E-state index in [4.69, 9.17) is 5.11 Å². The van der Waals surface area contributed by atoms with Gasteiger partial charge in [0.25, 0.3) is 0 Å². The zero-order valence-corrected chi connectivity index (χ0v) is 12.5. The zero-order valence-electron chi connectivity index (χ0n) is 11.6. The quantitative estimate of drug-likeness (QED) is 0.785. The first-order chi connectivity index (χ1) is 10.6. The molecule has 3 aromatic rings. The van der Waals surface area contributed by atoms with Crippen LogP contribution in [0.4, 0.5) is 0 Å². The van der Waals surface area contributed by atoms with E-state index in [0.29, 0.717) is 16.9 Å². The third-order valence-electron chi connectivity index (χ3n) is 3.19. The molecular formula is C17H15N3O2S. The number of nitrogens with zero attached hydrogens (tertiary/aromatic N) is 3. The summed E-state index contributed by atoms with van der Waals surface area (Å²) in [6, 6.07) is 12.4. The molecule has 23 heavy (non-hydrogen) atoms. The van der Waals surface area contributed by atoms with Crippen molar-refractivity contribution in [3.8, 4) is 22.3 Å². The monoisotopic (exact) mass is 325 g/mol. The maximum Gasteiger partial charge on any atom is 0.335 e. The lowest BCUT2D eigenvalue weighted by Gasteiger charge is -2.01. The fourth-order valence-electron chi connectivity index (χ4n) is 2.09. The van der Waals surface area contributed by atoms with Crippen molar-refractivity contribution in [1.29, 1.82) is 5.26 Å². The van der Waals surface area contributed by atoms with Crippen LogP contribution in [-0.2, 0) is 0 Å². The molecule has 0 radical (unpaired) electrons. The number of aryl methyl sites for hydroxylation is 1. The Bertz CT molecular complexity index is 885. The van der Waals surface area contributed by atoms with Crippen LogP contribution in [-0.4, -0.2) is 20.9 Å². The van der Waals surface area contributed by atoms with Gasteiger partial charge in [-0.15, -0.1) is 11.3 Å². The molecule has 0 fully saturated rings. The van der Waals surface area contributed by atoms with Crippen molar-refractivity contribution >= 4 is 17.3 Å². The van der Waals surface area contributed by atoms with Gasteiger partial charge in [0.1, 0.15) is 11.8 Å². The predicted molar refractivity (Wildman–Crippen MR) is 90.0 cm³/mol. The van der Waals surface area contributed by atoms with Crippen LogP contribution in [0, 0.1) is 18.3 Å². The van der Waals surface area contributed by atoms with Crippen molar-refractivity contribution < 1.29 is 9.90 Å². The average Bonchev–Trinajstić information content (AvgIpc) is 3.13. The van der Waals surface area contributed by atoms with Gasteiger partial charge in [0.05, 0.1) is 21.7 Å². The highest BCUT2D eigenvalue weighted by Gasteiger charge is 2.13. The molecule has 0 saturated heterocycles. The Kier molecular flexibility index (Phi) is 4.63. The minimum Gasteiger partial charge on any atom is -0.478 e. The molecule has 0 spiro atoms. The number of hydrogen-bond donors (Lipinski definition) is 1. The maximum atomic E-state index is 10.9. The number of carboxylic acid groups (broad SMARTS) is 1. The molecule has 3 rings (SSSR count). The van der Waals surface area contributed by atoms with E-state index in [1.165, 1.54) is 12.1 Å².